The number of nitrogens with zero attached hydrogens (tertiary/aromatic N) is 1. The smallest absolute Gasteiger partial charge is 0.320 e. The Kier molecular flexibility index (Phi) is 3.69. The van der Waals surface area contributed by atoms with Gasteiger partial charge in [-0.2, -0.15) is 0 Å². The summed E-state index contributed by atoms with van der Waals surface area (Å²) in [6.07, 6.45) is 1.95. The molecule has 2 N–H and O–H groups in total. The average molecular weight is 187 g/mol. The van der Waals surface area contributed by atoms with E-state index in [9.17, 15) is 9.90 Å². The molecule has 0 bridgehead atoms. The molecule has 0 radical (unpaired) electrons. The molecule has 2 atom stereocenters. The van der Waals surface area contributed by atoms with Gasteiger partial charge in [-0.15, -0.1) is 0 Å². The third kappa shape index (κ3) is 2.67. The highest BCUT2D eigenvalue weighted by Crippen LogP contribution is 2.14. The second-order valence-corrected chi connectivity index (χ2v) is 3.55. The van der Waals surface area contributed by atoms with Crippen LogP contribution < -0.4 is 0 Å². The minimum atomic E-state index is -0.781. The molecule has 0 aliphatic carbocycles. The highest BCUT2D eigenvalue weighted by atomic mass is 16.4. The van der Waals surface area contributed by atoms with Gasteiger partial charge in [0.15, 0.2) is 0 Å². The van der Waals surface area contributed by atoms with Gasteiger partial charge in [-0.3, -0.25) is 9.69 Å². The molecule has 1 fully saturated rings. The fourth-order valence-corrected chi connectivity index (χ4v) is 1.86. The molecule has 1 aliphatic rings. The van der Waals surface area contributed by atoms with Crippen LogP contribution in [-0.2, 0) is 4.79 Å². The maximum absolute atomic E-state index is 10.8. The van der Waals surface area contributed by atoms with Crippen molar-refractivity contribution in [1.29, 1.82) is 0 Å². The number of carbonyl (C=O) groups is 1. The highest BCUT2D eigenvalue weighted by Gasteiger charge is 2.27. The van der Waals surface area contributed by atoms with Crippen molar-refractivity contribution in [3.8, 4) is 0 Å². The number of likely N-dealkylation sites (tertiary alicyclic amines) is 1. The number of aliphatic carboxylic acids is 1. The first-order valence-corrected chi connectivity index (χ1v) is 4.80. The van der Waals surface area contributed by atoms with Crippen molar-refractivity contribution in [2.75, 3.05) is 13.1 Å². The van der Waals surface area contributed by atoms with Gasteiger partial charge in [-0.1, -0.05) is 6.92 Å². The molecule has 0 saturated carbocycles. The highest BCUT2D eigenvalue weighted by molar-refractivity contribution is 5.73. The average Bonchev–Trinajstić information content (AvgIpc) is 2.04. The fraction of sp³-hybridized carbons (Fsp3) is 0.889. The zero-order valence-electron chi connectivity index (χ0n) is 7.94. The van der Waals surface area contributed by atoms with Crippen LogP contribution in [-0.4, -0.2) is 46.3 Å². The lowest BCUT2D eigenvalue weighted by Crippen LogP contribution is -2.47. The second-order valence-electron chi connectivity index (χ2n) is 3.55. The second kappa shape index (κ2) is 4.58. The number of aliphatic hydroxyl groups excluding tert-OH is 1. The van der Waals surface area contributed by atoms with E-state index < -0.39 is 12.0 Å². The van der Waals surface area contributed by atoms with Gasteiger partial charge >= 0.3 is 5.97 Å². The van der Waals surface area contributed by atoms with Crippen molar-refractivity contribution in [3.63, 3.8) is 0 Å². The Labute approximate surface area is 78.2 Å². The predicted molar refractivity (Wildman–Crippen MR) is 48.5 cm³/mol. The molecule has 0 spiro atoms. The Morgan fingerprint density at radius 2 is 2.38 bits per heavy atom. The van der Waals surface area contributed by atoms with Gasteiger partial charge in [-0.05, 0) is 25.8 Å². The van der Waals surface area contributed by atoms with E-state index in [0.29, 0.717) is 13.0 Å². The van der Waals surface area contributed by atoms with E-state index in [0.717, 1.165) is 19.4 Å². The summed E-state index contributed by atoms with van der Waals surface area (Å²) in [5.41, 5.74) is 0. The largest absolute Gasteiger partial charge is 0.480 e. The molecule has 4 heteroatoms. The topological polar surface area (TPSA) is 60.8 Å². The maximum Gasteiger partial charge on any atom is 0.320 e. The summed E-state index contributed by atoms with van der Waals surface area (Å²) in [5, 5.41) is 18.3. The lowest BCUT2D eigenvalue weighted by molar-refractivity contribution is -0.144. The van der Waals surface area contributed by atoms with Crippen LogP contribution in [0.25, 0.3) is 0 Å². The van der Waals surface area contributed by atoms with Gasteiger partial charge in [0.25, 0.3) is 0 Å². The maximum atomic E-state index is 10.8. The van der Waals surface area contributed by atoms with Crippen molar-refractivity contribution < 1.29 is 15.0 Å². The van der Waals surface area contributed by atoms with Crippen molar-refractivity contribution in [3.05, 3.63) is 0 Å². The number of carboxylic acids is 1. The fourth-order valence-electron chi connectivity index (χ4n) is 1.86. The molecule has 0 amide bonds. The minimum absolute atomic E-state index is 0.345. The molecule has 1 saturated heterocycles. The predicted octanol–water partition coefficient (Wildman–Crippen LogP) is 0.306. The summed E-state index contributed by atoms with van der Waals surface area (Å²) in [6, 6.07) is -0.421. The monoisotopic (exact) mass is 187 g/mol. The summed E-state index contributed by atoms with van der Waals surface area (Å²) < 4.78 is 0. The third-order valence-corrected chi connectivity index (χ3v) is 2.54. The van der Waals surface area contributed by atoms with E-state index in [4.69, 9.17) is 5.11 Å². The van der Waals surface area contributed by atoms with Crippen LogP contribution in [0.4, 0.5) is 0 Å². The zero-order chi connectivity index (χ0) is 9.84. The molecule has 4 nitrogen and oxygen atoms in total. The van der Waals surface area contributed by atoms with Gasteiger partial charge in [0.1, 0.15) is 6.04 Å². The Balaban J connectivity index is 2.52. The first kappa shape index (κ1) is 10.5. The Morgan fingerprint density at radius 3 is 2.85 bits per heavy atom. The first-order valence-electron chi connectivity index (χ1n) is 4.80. The van der Waals surface area contributed by atoms with Crippen LogP contribution in [0.3, 0.4) is 0 Å². The number of aliphatic hydroxyl groups is 1. The summed E-state index contributed by atoms with van der Waals surface area (Å²) >= 11 is 0. The number of hydrogen-bond acceptors (Lipinski definition) is 3. The Hall–Kier alpha value is -0.610. The Bertz CT molecular complexity index is 184. The van der Waals surface area contributed by atoms with Gasteiger partial charge in [0, 0.05) is 6.54 Å². The van der Waals surface area contributed by atoms with Crippen molar-refractivity contribution >= 4 is 5.97 Å². The van der Waals surface area contributed by atoms with Gasteiger partial charge in [0.05, 0.1) is 6.10 Å². The SMILES string of the molecule is CC[C@@H](C(=O)O)N1CCC[C@@H](O)C1. The number of β-amino-alcohol motifs (C(OH)–C–C–N with tert-alkyl or cyclic N) is 1. The molecule has 1 rings (SSSR count). The van der Waals surface area contributed by atoms with Crippen molar-refractivity contribution in [1.82, 2.24) is 4.90 Å². The zero-order valence-corrected chi connectivity index (χ0v) is 7.94. The molecule has 13 heavy (non-hydrogen) atoms. The molecule has 0 aromatic heterocycles. The van der Waals surface area contributed by atoms with Gasteiger partial charge in [-0.25, -0.2) is 0 Å². The van der Waals surface area contributed by atoms with E-state index >= 15 is 0 Å². The summed E-state index contributed by atoms with van der Waals surface area (Å²) in [7, 11) is 0. The van der Waals surface area contributed by atoms with E-state index in [-0.39, 0.29) is 6.10 Å². The number of carboxylic acid groups (broad SMARTS) is 1. The van der Waals surface area contributed by atoms with E-state index in [1.54, 1.807) is 0 Å². The number of hydrogen-bond donors (Lipinski definition) is 2. The lowest BCUT2D eigenvalue weighted by atomic mass is 10.0. The van der Waals surface area contributed by atoms with E-state index in [2.05, 4.69) is 0 Å². The van der Waals surface area contributed by atoms with Crippen molar-refractivity contribution in [2.24, 2.45) is 0 Å². The molecule has 0 aromatic carbocycles. The summed E-state index contributed by atoms with van der Waals surface area (Å²) in [5.74, 6) is -0.781. The van der Waals surface area contributed by atoms with E-state index in [1.165, 1.54) is 0 Å². The number of rotatable bonds is 3. The third-order valence-electron chi connectivity index (χ3n) is 2.54. The van der Waals surface area contributed by atoms with Crippen LogP contribution >= 0.6 is 0 Å². The first-order chi connectivity index (χ1) is 6.15. The van der Waals surface area contributed by atoms with Crippen LogP contribution in [0.1, 0.15) is 26.2 Å². The molecular weight excluding hydrogens is 170 g/mol. The van der Waals surface area contributed by atoms with Crippen LogP contribution in [0.2, 0.25) is 0 Å². The molecule has 1 heterocycles. The van der Waals surface area contributed by atoms with Crippen LogP contribution in [0.15, 0.2) is 0 Å². The minimum Gasteiger partial charge on any atom is -0.480 e. The quantitative estimate of drug-likeness (QED) is 0.667. The normalized spacial score (nSPS) is 27.1. The van der Waals surface area contributed by atoms with Crippen LogP contribution in [0, 0.1) is 0 Å². The summed E-state index contributed by atoms with van der Waals surface area (Å²) in [6.45, 7) is 3.16. The molecule has 76 valence electrons. The van der Waals surface area contributed by atoms with Crippen LogP contribution in [0.5, 0.6) is 0 Å². The van der Waals surface area contributed by atoms with E-state index in [1.807, 2.05) is 11.8 Å². The van der Waals surface area contributed by atoms with Crippen molar-refractivity contribution in [2.45, 2.75) is 38.3 Å². The standard InChI is InChI=1S/C9H17NO3/c1-2-8(9(12)13)10-5-3-4-7(11)6-10/h7-8,11H,2-6H2,1H3,(H,12,13)/t7-,8+/m1/s1. The van der Waals surface area contributed by atoms with Gasteiger partial charge < -0.3 is 10.2 Å². The molecule has 1 aliphatic heterocycles. The number of piperidine rings is 1. The Morgan fingerprint density at radius 1 is 1.69 bits per heavy atom. The summed E-state index contributed by atoms with van der Waals surface area (Å²) in [4.78, 5) is 12.7. The lowest BCUT2D eigenvalue weighted by Gasteiger charge is -2.33. The van der Waals surface area contributed by atoms with Gasteiger partial charge in [0.2, 0.25) is 0 Å². The molecule has 0 aromatic rings. The molecular formula is C9H17NO3. The molecule has 0 unspecified atom stereocenters.